The lowest BCUT2D eigenvalue weighted by atomic mass is 9.94. The highest BCUT2D eigenvalue weighted by Gasteiger charge is 2.18. The van der Waals surface area contributed by atoms with E-state index in [0.29, 0.717) is 0 Å². The fourth-order valence-electron chi connectivity index (χ4n) is 4.81. The number of nitrogens with zero attached hydrogens (tertiary/aromatic N) is 1. The third-order valence-corrected chi connectivity index (χ3v) is 7.23. The van der Waals surface area contributed by atoms with Gasteiger partial charge in [0.05, 0.1) is 10.8 Å². The molecule has 0 bridgehead atoms. The lowest BCUT2D eigenvalue weighted by Crippen LogP contribution is -2.21. The van der Waals surface area contributed by atoms with Gasteiger partial charge >= 0.3 is 12.1 Å². The van der Waals surface area contributed by atoms with Crippen molar-refractivity contribution in [1.29, 1.82) is 0 Å². The molecule has 8 heteroatoms. The number of nitro groups is 1. The second-order valence-corrected chi connectivity index (χ2v) is 10.6. The van der Waals surface area contributed by atoms with Crippen LogP contribution in [0, 0.1) is 16.0 Å². The molecule has 1 rings (SSSR count). The number of nitro benzene ring substituents is 1. The number of carbonyl (C=O) groups is 2. The molecule has 1 aromatic carbocycles. The Morgan fingerprint density at radius 2 is 1.18 bits per heavy atom. The standard InChI is InChI=1S/C31H51NO7/c1-3-5-7-9-11-14-18-26(30(33)34)19-15-12-10-13-17-21-28(20-16-8-6-4-2)38-31(35)39-29-24-22-27(23-25-29)32(36)37/h22-26,28H,3-21H2,1-2H3,(H,33,34). The third kappa shape index (κ3) is 17.5. The van der Waals surface area contributed by atoms with Crippen molar-refractivity contribution in [3.05, 3.63) is 34.4 Å². The molecule has 2 unspecified atom stereocenters. The zero-order valence-electron chi connectivity index (χ0n) is 24.2. The van der Waals surface area contributed by atoms with Crippen LogP contribution in [0.25, 0.3) is 0 Å². The molecule has 1 aromatic rings. The van der Waals surface area contributed by atoms with E-state index in [9.17, 15) is 24.8 Å². The van der Waals surface area contributed by atoms with Crippen LogP contribution in [-0.4, -0.2) is 28.3 Å². The second kappa shape index (κ2) is 22.2. The predicted octanol–water partition coefficient (Wildman–Crippen LogP) is 9.63. The Morgan fingerprint density at radius 1 is 0.744 bits per heavy atom. The zero-order valence-corrected chi connectivity index (χ0v) is 24.2. The molecule has 0 aliphatic carbocycles. The topological polar surface area (TPSA) is 116 Å². The number of carbonyl (C=O) groups excluding carboxylic acids is 1. The summed E-state index contributed by atoms with van der Waals surface area (Å²) in [7, 11) is 0. The largest absolute Gasteiger partial charge is 0.514 e. The molecule has 2 atom stereocenters. The normalized spacial score (nSPS) is 12.6. The van der Waals surface area contributed by atoms with E-state index in [-0.39, 0.29) is 23.5 Å². The van der Waals surface area contributed by atoms with Crippen LogP contribution >= 0.6 is 0 Å². The van der Waals surface area contributed by atoms with Crippen molar-refractivity contribution >= 4 is 17.8 Å². The average molecular weight is 550 g/mol. The van der Waals surface area contributed by atoms with Gasteiger partial charge in [-0.15, -0.1) is 0 Å². The van der Waals surface area contributed by atoms with E-state index in [1.165, 1.54) is 49.9 Å². The Kier molecular flexibility index (Phi) is 19.6. The van der Waals surface area contributed by atoms with Gasteiger partial charge in [-0.1, -0.05) is 97.3 Å². The summed E-state index contributed by atoms with van der Waals surface area (Å²) < 4.78 is 10.8. The lowest BCUT2D eigenvalue weighted by molar-refractivity contribution is -0.384. The maximum Gasteiger partial charge on any atom is 0.514 e. The number of hydrogen-bond donors (Lipinski definition) is 1. The van der Waals surface area contributed by atoms with E-state index in [4.69, 9.17) is 9.47 Å². The van der Waals surface area contributed by atoms with Crippen molar-refractivity contribution in [3.63, 3.8) is 0 Å². The summed E-state index contributed by atoms with van der Waals surface area (Å²) in [4.78, 5) is 34.2. The number of carboxylic acids is 1. The molecule has 0 spiro atoms. The first-order valence-corrected chi connectivity index (χ1v) is 15.2. The van der Waals surface area contributed by atoms with Gasteiger partial charge in [-0.3, -0.25) is 14.9 Å². The van der Waals surface area contributed by atoms with Crippen molar-refractivity contribution in [3.8, 4) is 5.75 Å². The van der Waals surface area contributed by atoms with Crippen LogP contribution in [0.1, 0.15) is 136 Å². The summed E-state index contributed by atoms with van der Waals surface area (Å²) in [5.41, 5.74) is -0.0687. The molecule has 0 heterocycles. The van der Waals surface area contributed by atoms with Crippen LogP contribution < -0.4 is 4.74 Å². The minimum absolute atomic E-state index is 0.0687. The predicted molar refractivity (Wildman–Crippen MR) is 154 cm³/mol. The minimum Gasteiger partial charge on any atom is -0.481 e. The summed E-state index contributed by atoms with van der Waals surface area (Å²) in [5.74, 6) is -0.669. The number of hydrogen-bond acceptors (Lipinski definition) is 6. The SMILES string of the molecule is CCCCCCCCC(CCCCCCCC(CCCCCC)OC(=O)Oc1ccc([N+](=O)[O-])cc1)C(=O)O. The molecule has 0 amide bonds. The Hall–Kier alpha value is -2.64. The molecule has 1 N–H and O–H groups in total. The molecule has 0 aliphatic rings. The monoisotopic (exact) mass is 549 g/mol. The summed E-state index contributed by atoms with van der Waals surface area (Å²) >= 11 is 0. The number of rotatable bonds is 24. The van der Waals surface area contributed by atoms with Crippen LogP contribution in [0.15, 0.2) is 24.3 Å². The molecule has 0 saturated heterocycles. The molecule has 8 nitrogen and oxygen atoms in total. The highest BCUT2D eigenvalue weighted by atomic mass is 16.7. The Balaban J connectivity index is 2.33. The zero-order chi connectivity index (χ0) is 28.7. The summed E-state index contributed by atoms with van der Waals surface area (Å²) in [5, 5.41) is 20.3. The van der Waals surface area contributed by atoms with Crippen LogP contribution in [0.2, 0.25) is 0 Å². The van der Waals surface area contributed by atoms with Crippen molar-refractivity contribution in [1.82, 2.24) is 0 Å². The number of unbranched alkanes of at least 4 members (excludes halogenated alkanes) is 12. The highest BCUT2D eigenvalue weighted by molar-refractivity contribution is 5.69. The molecule has 0 aliphatic heterocycles. The van der Waals surface area contributed by atoms with E-state index in [0.717, 1.165) is 96.3 Å². The van der Waals surface area contributed by atoms with Gasteiger partial charge in [0.2, 0.25) is 0 Å². The Labute approximate surface area is 235 Å². The molecular weight excluding hydrogens is 498 g/mol. The lowest BCUT2D eigenvalue weighted by Gasteiger charge is -2.18. The van der Waals surface area contributed by atoms with Gasteiger partial charge in [0, 0.05) is 12.1 Å². The van der Waals surface area contributed by atoms with Crippen LogP contribution in [-0.2, 0) is 9.53 Å². The van der Waals surface area contributed by atoms with Gasteiger partial charge in [0.25, 0.3) is 5.69 Å². The summed E-state index contributed by atoms with van der Waals surface area (Å²) in [6.07, 6.45) is 18.5. The van der Waals surface area contributed by atoms with Gasteiger partial charge in [-0.05, 0) is 50.7 Å². The van der Waals surface area contributed by atoms with E-state index in [1.54, 1.807) is 0 Å². The number of ether oxygens (including phenoxy) is 2. The van der Waals surface area contributed by atoms with Crippen LogP contribution in [0.4, 0.5) is 10.5 Å². The maximum atomic E-state index is 12.3. The molecule has 0 aromatic heterocycles. The van der Waals surface area contributed by atoms with Gasteiger partial charge in [-0.2, -0.15) is 0 Å². The number of carboxylic acid groups (broad SMARTS) is 1. The maximum absolute atomic E-state index is 12.3. The summed E-state index contributed by atoms with van der Waals surface area (Å²) in [6, 6.07) is 5.35. The van der Waals surface area contributed by atoms with E-state index in [2.05, 4.69) is 13.8 Å². The van der Waals surface area contributed by atoms with E-state index >= 15 is 0 Å². The molecule has 222 valence electrons. The number of benzene rings is 1. The number of aliphatic carboxylic acids is 1. The van der Waals surface area contributed by atoms with Crippen molar-refractivity contribution in [2.75, 3.05) is 0 Å². The molecule has 0 fully saturated rings. The van der Waals surface area contributed by atoms with Crippen molar-refractivity contribution < 1.29 is 29.1 Å². The fourth-order valence-corrected chi connectivity index (χ4v) is 4.81. The average Bonchev–Trinajstić information content (AvgIpc) is 2.91. The first-order valence-electron chi connectivity index (χ1n) is 15.2. The minimum atomic E-state index is -0.783. The highest BCUT2D eigenvalue weighted by Crippen LogP contribution is 2.22. The van der Waals surface area contributed by atoms with Gasteiger partial charge < -0.3 is 14.6 Å². The smallest absolute Gasteiger partial charge is 0.481 e. The van der Waals surface area contributed by atoms with Gasteiger partial charge in [-0.25, -0.2) is 4.79 Å². The molecule has 39 heavy (non-hydrogen) atoms. The number of non-ortho nitro benzene ring substituents is 1. The molecular formula is C31H51NO7. The van der Waals surface area contributed by atoms with Crippen LogP contribution in [0.5, 0.6) is 5.75 Å². The Morgan fingerprint density at radius 3 is 1.64 bits per heavy atom. The van der Waals surface area contributed by atoms with Gasteiger partial charge in [0.1, 0.15) is 11.9 Å². The Bertz CT molecular complexity index is 797. The molecule has 0 saturated carbocycles. The van der Waals surface area contributed by atoms with E-state index < -0.39 is 17.0 Å². The van der Waals surface area contributed by atoms with Crippen molar-refractivity contribution in [2.24, 2.45) is 5.92 Å². The van der Waals surface area contributed by atoms with Crippen molar-refractivity contribution in [2.45, 2.75) is 142 Å². The third-order valence-electron chi connectivity index (χ3n) is 7.23. The molecule has 0 radical (unpaired) electrons. The first kappa shape index (κ1) is 34.4. The van der Waals surface area contributed by atoms with Crippen LogP contribution in [0.3, 0.4) is 0 Å². The van der Waals surface area contributed by atoms with Gasteiger partial charge in [0.15, 0.2) is 0 Å². The summed E-state index contributed by atoms with van der Waals surface area (Å²) in [6.45, 7) is 4.35. The van der Waals surface area contributed by atoms with E-state index in [1.807, 2.05) is 0 Å². The second-order valence-electron chi connectivity index (χ2n) is 10.6. The fraction of sp³-hybridized carbons (Fsp3) is 0.742. The quantitative estimate of drug-likeness (QED) is 0.0448. The first-order chi connectivity index (χ1) is 18.9.